The van der Waals surface area contributed by atoms with Gasteiger partial charge in [0, 0.05) is 6.42 Å². The maximum Gasteiger partial charge on any atom is 0.350 e. The van der Waals surface area contributed by atoms with Crippen LogP contribution in [0.2, 0.25) is 0 Å². The summed E-state index contributed by atoms with van der Waals surface area (Å²) in [5.41, 5.74) is 0.473. The lowest BCUT2D eigenvalue weighted by Gasteiger charge is -2.03. The number of hydrogen-bond acceptors (Lipinski definition) is 5. The van der Waals surface area contributed by atoms with E-state index in [0.29, 0.717) is 12.1 Å². The number of aliphatic hydroxyl groups is 1. The molecule has 0 radical (unpaired) electrons. The van der Waals surface area contributed by atoms with E-state index in [1.807, 2.05) is 0 Å². The number of rotatable bonds is 2. The summed E-state index contributed by atoms with van der Waals surface area (Å²) >= 11 is 0. The molecule has 0 saturated carbocycles. The van der Waals surface area contributed by atoms with Crippen LogP contribution in [0.1, 0.15) is 6.42 Å². The number of hydrogen-bond donors (Lipinski definition) is 1. The molecule has 5 heteroatoms. The minimum absolute atomic E-state index is 0.173. The normalized spacial score (nSPS) is 22.4. The predicted octanol–water partition coefficient (Wildman–Crippen LogP) is -0.703. The molecule has 0 aromatic heterocycles. The van der Waals surface area contributed by atoms with E-state index in [4.69, 9.17) is 5.11 Å². The summed E-state index contributed by atoms with van der Waals surface area (Å²) in [6, 6.07) is 0. The summed E-state index contributed by atoms with van der Waals surface area (Å²) in [5.74, 6) is -0.461. The molecular weight excluding hydrogens is 150 g/mol. The second-order valence-corrected chi connectivity index (χ2v) is 2.14. The van der Waals surface area contributed by atoms with E-state index in [1.165, 1.54) is 7.11 Å². The first-order valence-electron chi connectivity index (χ1n) is 3.18. The minimum atomic E-state index is -0.665. The lowest BCUT2D eigenvalue weighted by molar-refractivity contribution is -0.152. The fraction of sp³-hybridized carbons (Fsp3) is 0.667. The molecule has 5 nitrogen and oxygen atoms in total. The van der Waals surface area contributed by atoms with Crippen LogP contribution in [0, 0.1) is 0 Å². The van der Waals surface area contributed by atoms with Crippen LogP contribution in [0.25, 0.3) is 0 Å². The fourth-order valence-electron chi connectivity index (χ4n) is 0.778. The molecule has 1 N–H and O–H groups in total. The lowest BCUT2D eigenvalue weighted by Crippen LogP contribution is -2.22. The predicted molar refractivity (Wildman–Crippen MR) is 36.0 cm³/mol. The highest BCUT2D eigenvalue weighted by Crippen LogP contribution is 2.10. The summed E-state index contributed by atoms with van der Waals surface area (Å²) in [5, 5.41) is 12.0. The van der Waals surface area contributed by atoms with E-state index in [-0.39, 0.29) is 6.61 Å². The van der Waals surface area contributed by atoms with E-state index < -0.39 is 12.1 Å². The quantitative estimate of drug-likeness (QED) is 0.541. The van der Waals surface area contributed by atoms with Crippen molar-refractivity contribution in [1.29, 1.82) is 0 Å². The molecule has 1 atom stereocenters. The molecule has 62 valence electrons. The summed E-state index contributed by atoms with van der Waals surface area (Å²) < 4.78 is 4.41. The zero-order valence-corrected chi connectivity index (χ0v) is 6.11. The van der Waals surface area contributed by atoms with Crippen LogP contribution >= 0.6 is 0 Å². The first kappa shape index (κ1) is 8.00. The first-order chi connectivity index (χ1) is 5.27. The molecule has 0 bridgehead atoms. The molecular formula is C6H9NO4. The number of aliphatic hydroxyl groups excluding tert-OH is 1. The van der Waals surface area contributed by atoms with Gasteiger partial charge < -0.3 is 14.7 Å². The van der Waals surface area contributed by atoms with Crippen LogP contribution in [0.15, 0.2) is 5.16 Å². The van der Waals surface area contributed by atoms with Gasteiger partial charge in [0.25, 0.3) is 0 Å². The number of nitrogens with zero attached hydrogens (tertiary/aromatic N) is 1. The molecule has 11 heavy (non-hydrogen) atoms. The second-order valence-electron chi connectivity index (χ2n) is 2.14. The first-order valence-corrected chi connectivity index (χ1v) is 3.18. The van der Waals surface area contributed by atoms with Gasteiger partial charge in [-0.2, -0.15) is 0 Å². The van der Waals surface area contributed by atoms with Gasteiger partial charge in [-0.25, -0.2) is 4.79 Å². The Balaban J connectivity index is 2.41. The van der Waals surface area contributed by atoms with Gasteiger partial charge in [-0.05, 0) is 0 Å². The standard InChI is InChI=1S/C6H9NO4/c1-10-6(9)5-2-4(3-8)7-11-5/h5,8H,2-3H2,1H3. The number of ether oxygens (including phenoxy) is 1. The number of carbonyl (C=O) groups is 1. The highest BCUT2D eigenvalue weighted by molar-refractivity contribution is 5.91. The van der Waals surface area contributed by atoms with E-state index >= 15 is 0 Å². The number of oxime groups is 1. The maximum absolute atomic E-state index is 10.8. The van der Waals surface area contributed by atoms with Gasteiger partial charge >= 0.3 is 5.97 Å². The van der Waals surface area contributed by atoms with Crippen LogP contribution in [0.3, 0.4) is 0 Å². The van der Waals surface area contributed by atoms with Crippen molar-refractivity contribution < 1.29 is 19.5 Å². The molecule has 1 aliphatic rings. The molecule has 0 spiro atoms. The third-order valence-electron chi connectivity index (χ3n) is 1.38. The van der Waals surface area contributed by atoms with Gasteiger partial charge in [0.2, 0.25) is 6.10 Å². The van der Waals surface area contributed by atoms with E-state index in [2.05, 4.69) is 14.7 Å². The monoisotopic (exact) mass is 159 g/mol. The Morgan fingerprint density at radius 2 is 2.73 bits per heavy atom. The van der Waals surface area contributed by atoms with Crippen molar-refractivity contribution in [2.24, 2.45) is 5.16 Å². The topological polar surface area (TPSA) is 68.1 Å². The number of carbonyl (C=O) groups excluding carboxylic acids is 1. The average molecular weight is 159 g/mol. The van der Waals surface area contributed by atoms with E-state index in [0.717, 1.165) is 0 Å². The molecule has 0 aliphatic carbocycles. The van der Waals surface area contributed by atoms with Crippen molar-refractivity contribution in [3.8, 4) is 0 Å². The van der Waals surface area contributed by atoms with Gasteiger partial charge in [-0.15, -0.1) is 0 Å². The van der Waals surface area contributed by atoms with Gasteiger partial charge in [-0.1, -0.05) is 5.16 Å². The summed E-state index contributed by atoms with van der Waals surface area (Å²) in [4.78, 5) is 15.4. The SMILES string of the molecule is COC(=O)C1CC(CO)=NO1. The van der Waals surface area contributed by atoms with Crippen molar-refractivity contribution >= 4 is 11.7 Å². The average Bonchev–Trinajstić information content (AvgIpc) is 2.50. The summed E-state index contributed by atoms with van der Waals surface area (Å²) in [6.07, 6.45) is -0.342. The lowest BCUT2D eigenvalue weighted by atomic mass is 10.2. The summed E-state index contributed by atoms with van der Waals surface area (Å²) in [6.45, 7) is -0.173. The molecule has 1 heterocycles. The molecule has 0 amide bonds. The van der Waals surface area contributed by atoms with Crippen LogP contribution < -0.4 is 0 Å². The molecule has 0 fully saturated rings. The third-order valence-corrected chi connectivity index (χ3v) is 1.38. The smallest absolute Gasteiger partial charge is 0.350 e. The van der Waals surface area contributed by atoms with Gasteiger partial charge in [-0.3, -0.25) is 0 Å². The molecule has 0 aromatic rings. The maximum atomic E-state index is 10.8. The number of methoxy groups -OCH3 is 1. The van der Waals surface area contributed by atoms with Crippen LogP contribution in [0.5, 0.6) is 0 Å². The van der Waals surface area contributed by atoms with Crippen molar-refractivity contribution in [2.75, 3.05) is 13.7 Å². The molecule has 1 aliphatic heterocycles. The molecule has 1 rings (SSSR count). The Labute approximate surface area is 63.6 Å². The Morgan fingerprint density at radius 3 is 3.18 bits per heavy atom. The third kappa shape index (κ3) is 1.68. The van der Waals surface area contributed by atoms with Crippen molar-refractivity contribution in [1.82, 2.24) is 0 Å². The van der Waals surface area contributed by atoms with E-state index in [9.17, 15) is 4.79 Å². The Bertz CT molecular complexity index is 189. The zero-order chi connectivity index (χ0) is 8.27. The fourth-order valence-corrected chi connectivity index (χ4v) is 0.778. The van der Waals surface area contributed by atoms with Gasteiger partial charge in [0.15, 0.2) is 0 Å². The Hall–Kier alpha value is -1.10. The number of esters is 1. The Kier molecular flexibility index (Phi) is 2.43. The molecule has 0 aromatic carbocycles. The van der Waals surface area contributed by atoms with Crippen molar-refractivity contribution in [2.45, 2.75) is 12.5 Å². The molecule has 0 saturated heterocycles. The zero-order valence-electron chi connectivity index (χ0n) is 6.11. The van der Waals surface area contributed by atoms with Crippen molar-refractivity contribution in [3.05, 3.63) is 0 Å². The largest absolute Gasteiger partial charge is 0.466 e. The highest BCUT2D eigenvalue weighted by Gasteiger charge is 2.28. The second kappa shape index (κ2) is 3.34. The highest BCUT2D eigenvalue weighted by atomic mass is 16.7. The minimum Gasteiger partial charge on any atom is -0.466 e. The Morgan fingerprint density at radius 1 is 2.00 bits per heavy atom. The van der Waals surface area contributed by atoms with Crippen molar-refractivity contribution in [3.63, 3.8) is 0 Å². The van der Waals surface area contributed by atoms with Crippen LogP contribution in [0.4, 0.5) is 0 Å². The summed E-state index contributed by atoms with van der Waals surface area (Å²) in [7, 11) is 1.28. The van der Waals surface area contributed by atoms with E-state index in [1.54, 1.807) is 0 Å². The van der Waals surface area contributed by atoms with Crippen LogP contribution in [-0.2, 0) is 14.4 Å². The molecule has 1 unspecified atom stereocenters. The van der Waals surface area contributed by atoms with Gasteiger partial charge in [0.1, 0.15) is 0 Å². The van der Waals surface area contributed by atoms with Gasteiger partial charge in [0.05, 0.1) is 19.4 Å². The van der Waals surface area contributed by atoms with Crippen LogP contribution in [-0.4, -0.2) is 36.6 Å².